The highest BCUT2D eigenvalue weighted by atomic mass is 16.4. The van der Waals surface area contributed by atoms with Crippen molar-refractivity contribution in [1.29, 1.82) is 0 Å². The maximum absolute atomic E-state index is 11.9. The smallest absolute Gasteiger partial charge is 0.307 e. The van der Waals surface area contributed by atoms with Gasteiger partial charge in [0.05, 0.1) is 12.5 Å². The summed E-state index contributed by atoms with van der Waals surface area (Å²) >= 11 is 0. The predicted octanol–water partition coefficient (Wildman–Crippen LogP) is 0.326. The summed E-state index contributed by atoms with van der Waals surface area (Å²) in [5.41, 5.74) is 0. The van der Waals surface area contributed by atoms with Gasteiger partial charge >= 0.3 is 5.97 Å². The van der Waals surface area contributed by atoms with Crippen LogP contribution in [0.25, 0.3) is 0 Å². The van der Waals surface area contributed by atoms with Gasteiger partial charge in [0, 0.05) is 19.0 Å². The molecule has 0 rings (SSSR count). The van der Waals surface area contributed by atoms with E-state index in [9.17, 15) is 14.4 Å². The van der Waals surface area contributed by atoms with Gasteiger partial charge in [-0.15, -0.1) is 0 Å². The van der Waals surface area contributed by atoms with Crippen LogP contribution in [0.3, 0.4) is 0 Å². The third-order valence-corrected chi connectivity index (χ3v) is 2.74. The number of amides is 2. The highest BCUT2D eigenvalue weighted by Gasteiger charge is 2.28. The van der Waals surface area contributed by atoms with Crippen molar-refractivity contribution < 1.29 is 19.5 Å². The Balaban J connectivity index is 4.42. The number of carbonyl (C=O) groups excluding carboxylic acids is 2. The number of nitrogens with zero attached hydrogens (tertiary/aromatic N) is 1. The van der Waals surface area contributed by atoms with Crippen LogP contribution in [0.2, 0.25) is 0 Å². The first-order chi connectivity index (χ1) is 8.16. The number of carbonyl (C=O) groups is 3. The molecule has 0 aromatic rings. The number of aliphatic carboxylic acids is 1. The summed E-state index contributed by atoms with van der Waals surface area (Å²) in [5, 5.41) is 11.5. The molecule has 0 bridgehead atoms. The molecule has 6 nitrogen and oxygen atoms in total. The highest BCUT2D eigenvalue weighted by molar-refractivity contribution is 5.88. The van der Waals surface area contributed by atoms with Gasteiger partial charge in [-0.2, -0.15) is 0 Å². The van der Waals surface area contributed by atoms with Crippen molar-refractivity contribution in [3.05, 3.63) is 0 Å². The first-order valence-corrected chi connectivity index (χ1v) is 5.94. The van der Waals surface area contributed by atoms with Crippen molar-refractivity contribution in [2.24, 2.45) is 11.8 Å². The first-order valence-electron chi connectivity index (χ1n) is 5.94. The van der Waals surface area contributed by atoms with Crippen LogP contribution < -0.4 is 5.32 Å². The lowest BCUT2D eigenvalue weighted by Gasteiger charge is -2.23. The van der Waals surface area contributed by atoms with Crippen LogP contribution >= 0.6 is 0 Å². The summed E-state index contributed by atoms with van der Waals surface area (Å²) in [6, 6.07) is 0.0105. The lowest BCUT2D eigenvalue weighted by atomic mass is 9.95. The molecule has 0 heterocycles. The van der Waals surface area contributed by atoms with Crippen LogP contribution in [0, 0.1) is 11.8 Å². The Bertz CT molecular complexity index is 328. The summed E-state index contributed by atoms with van der Waals surface area (Å²) in [6.07, 6.45) is 0. The maximum atomic E-state index is 11.9. The minimum atomic E-state index is -1.02. The maximum Gasteiger partial charge on any atom is 0.307 e. The third kappa shape index (κ3) is 5.16. The van der Waals surface area contributed by atoms with Crippen LogP contribution in [-0.2, 0) is 14.4 Å². The second kappa shape index (κ2) is 6.98. The standard InChI is InChI=1S/C12H22N2O4/c1-7(2)13-10(15)6-14(5)11(16)8(3)9(4)12(17)18/h7-9H,6H2,1-5H3,(H,13,15)(H,17,18). The van der Waals surface area contributed by atoms with Gasteiger partial charge in [0.2, 0.25) is 11.8 Å². The molecule has 2 amide bonds. The predicted molar refractivity (Wildman–Crippen MR) is 66.9 cm³/mol. The monoisotopic (exact) mass is 258 g/mol. The average Bonchev–Trinajstić information content (AvgIpc) is 2.24. The van der Waals surface area contributed by atoms with Gasteiger partial charge in [-0.3, -0.25) is 14.4 Å². The molecule has 0 spiro atoms. The summed E-state index contributed by atoms with van der Waals surface area (Å²) < 4.78 is 0. The molecule has 0 fully saturated rings. The molecule has 104 valence electrons. The Hall–Kier alpha value is -1.59. The molecule has 6 heteroatoms. The molecule has 0 aromatic heterocycles. The van der Waals surface area contributed by atoms with Crippen molar-refractivity contribution in [3.8, 4) is 0 Å². The van der Waals surface area contributed by atoms with E-state index < -0.39 is 17.8 Å². The molecule has 0 radical (unpaired) electrons. The Kier molecular flexibility index (Phi) is 6.36. The average molecular weight is 258 g/mol. The summed E-state index contributed by atoms with van der Waals surface area (Å²) in [4.78, 5) is 35.4. The number of nitrogens with one attached hydrogen (secondary N) is 1. The van der Waals surface area contributed by atoms with Crippen LogP contribution in [0.4, 0.5) is 0 Å². The minimum absolute atomic E-state index is 0.0105. The second-order valence-electron chi connectivity index (χ2n) is 4.83. The molecular formula is C12H22N2O4. The van der Waals surface area contributed by atoms with E-state index in [1.54, 1.807) is 6.92 Å². The van der Waals surface area contributed by atoms with Gasteiger partial charge in [-0.1, -0.05) is 13.8 Å². The van der Waals surface area contributed by atoms with Gasteiger partial charge in [-0.25, -0.2) is 0 Å². The molecule has 0 aromatic carbocycles. The molecule has 0 aliphatic heterocycles. The third-order valence-electron chi connectivity index (χ3n) is 2.74. The van der Waals surface area contributed by atoms with E-state index in [2.05, 4.69) is 5.32 Å². The first kappa shape index (κ1) is 16.4. The van der Waals surface area contributed by atoms with Gasteiger partial charge in [0.1, 0.15) is 0 Å². The summed E-state index contributed by atoms with van der Waals surface area (Å²) in [5.74, 6) is -3.04. The number of carboxylic acids is 1. The molecule has 0 aliphatic rings. The molecule has 2 unspecified atom stereocenters. The van der Waals surface area contributed by atoms with E-state index in [1.807, 2.05) is 13.8 Å². The van der Waals surface area contributed by atoms with Crippen molar-refractivity contribution in [2.75, 3.05) is 13.6 Å². The Morgan fingerprint density at radius 3 is 2.00 bits per heavy atom. The van der Waals surface area contributed by atoms with E-state index in [4.69, 9.17) is 5.11 Å². The zero-order chi connectivity index (χ0) is 14.5. The van der Waals surface area contributed by atoms with Crippen molar-refractivity contribution in [3.63, 3.8) is 0 Å². The van der Waals surface area contributed by atoms with E-state index in [0.717, 1.165) is 0 Å². The van der Waals surface area contributed by atoms with Crippen molar-refractivity contribution in [2.45, 2.75) is 33.7 Å². The summed E-state index contributed by atoms with van der Waals surface area (Å²) in [6.45, 7) is 6.63. The van der Waals surface area contributed by atoms with Gasteiger partial charge in [0.25, 0.3) is 0 Å². The highest BCUT2D eigenvalue weighted by Crippen LogP contribution is 2.13. The second-order valence-corrected chi connectivity index (χ2v) is 4.83. The fraction of sp³-hybridized carbons (Fsp3) is 0.750. The van der Waals surface area contributed by atoms with Crippen LogP contribution in [0.15, 0.2) is 0 Å². The number of hydrogen-bond donors (Lipinski definition) is 2. The zero-order valence-corrected chi connectivity index (χ0v) is 11.6. The normalized spacial score (nSPS) is 13.9. The molecule has 2 N–H and O–H groups in total. The lowest BCUT2D eigenvalue weighted by Crippen LogP contribution is -2.44. The summed E-state index contributed by atoms with van der Waals surface area (Å²) in [7, 11) is 1.49. The SMILES string of the molecule is CC(C)NC(=O)CN(C)C(=O)C(C)C(C)C(=O)O. The van der Waals surface area contributed by atoms with Crippen molar-refractivity contribution >= 4 is 17.8 Å². The number of carboxylic acid groups (broad SMARTS) is 1. The molecule has 0 saturated carbocycles. The quantitative estimate of drug-likeness (QED) is 0.718. The van der Waals surface area contributed by atoms with Crippen LogP contribution in [-0.4, -0.2) is 47.4 Å². The lowest BCUT2D eigenvalue weighted by molar-refractivity contribution is -0.149. The van der Waals surface area contributed by atoms with Crippen LogP contribution in [0.5, 0.6) is 0 Å². The number of rotatable bonds is 6. The van der Waals surface area contributed by atoms with Gasteiger partial charge in [-0.05, 0) is 13.8 Å². The fourth-order valence-electron chi connectivity index (χ4n) is 1.44. The van der Waals surface area contributed by atoms with E-state index in [0.29, 0.717) is 0 Å². The molecule has 0 saturated heterocycles. The molecule has 2 atom stereocenters. The molecule has 18 heavy (non-hydrogen) atoms. The van der Waals surface area contributed by atoms with Crippen molar-refractivity contribution in [1.82, 2.24) is 10.2 Å². The number of hydrogen-bond acceptors (Lipinski definition) is 3. The van der Waals surface area contributed by atoms with Gasteiger partial charge in [0.15, 0.2) is 0 Å². The zero-order valence-electron chi connectivity index (χ0n) is 11.6. The molecule has 0 aliphatic carbocycles. The Labute approximate surface area is 107 Å². The minimum Gasteiger partial charge on any atom is -0.481 e. The Morgan fingerprint density at radius 2 is 1.61 bits per heavy atom. The van der Waals surface area contributed by atoms with E-state index >= 15 is 0 Å². The Morgan fingerprint density at radius 1 is 1.11 bits per heavy atom. The van der Waals surface area contributed by atoms with Crippen LogP contribution in [0.1, 0.15) is 27.7 Å². The van der Waals surface area contributed by atoms with E-state index in [-0.39, 0.29) is 24.4 Å². The largest absolute Gasteiger partial charge is 0.481 e. The fourth-order valence-corrected chi connectivity index (χ4v) is 1.44. The topological polar surface area (TPSA) is 86.7 Å². The van der Waals surface area contributed by atoms with E-state index in [1.165, 1.54) is 18.9 Å². The van der Waals surface area contributed by atoms with Gasteiger partial charge < -0.3 is 15.3 Å². The number of likely N-dealkylation sites (N-methyl/N-ethyl adjacent to an activating group) is 1. The molecular weight excluding hydrogens is 236 g/mol.